The molecule has 2 rings (SSSR count). The van der Waals surface area contributed by atoms with Crippen molar-refractivity contribution in [2.75, 3.05) is 0 Å². The molecule has 0 radical (unpaired) electrons. The molecule has 0 saturated heterocycles. The highest BCUT2D eigenvalue weighted by molar-refractivity contribution is 5.25. The summed E-state index contributed by atoms with van der Waals surface area (Å²) in [5.41, 5.74) is 8.54. The maximum absolute atomic E-state index is 11.5. The number of hydrogen-bond acceptors (Lipinski definition) is 3. The van der Waals surface area contributed by atoms with Gasteiger partial charge in [0.15, 0.2) is 0 Å². The van der Waals surface area contributed by atoms with Gasteiger partial charge in [-0.2, -0.15) is 0 Å². The molecule has 0 saturated carbocycles. The Kier molecular flexibility index (Phi) is 3.58. The lowest BCUT2D eigenvalue weighted by Gasteiger charge is -2.07. The zero-order chi connectivity index (χ0) is 13.1. The van der Waals surface area contributed by atoms with Crippen molar-refractivity contribution in [1.82, 2.24) is 9.97 Å². The number of hydrogen-bond donors (Lipinski definition) is 2. The van der Waals surface area contributed by atoms with Gasteiger partial charge in [-0.15, -0.1) is 0 Å². The van der Waals surface area contributed by atoms with Gasteiger partial charge in [0.1, 0.15) is 5.82 Å². The summed E-state index contributed by atoms with van der Waals surface area (Å²) in [5, 5.41) is 0. The Balaban J connectivity index is 2.32. The minimum Gasteiger partial charge on any atom is -0.323 e. The molecule has 1 heterocycles. The van der Waals surface area contributed by atoms with Crippen molar-refractivity contribution in [2.45, 2.75) is 26.3 Å². The van der Waals surface area contributed by atoms with Gasteiger partial charge in [0.25, 0.3) is 5.56 Å². The normalized spacial score (nSPS) is 12.4. The Hall–Kier alpha value is -1.94. The van der Waals surface area contributed by atoms with Gasteiger partial charge in [-0.3, -0.25) is 4.79 Å². The molecule has 1 aromatic carbocycles. The molecule has 0 fully saturated rings. The lowest BCUT2D eigenvalue weighted by atomic mass is 10.1. The van der Waals surface area contributed by atoms with E-state index >= 15 is 0 Å². The Morgan fingerprint density at radius 3 is 2.83 bits per heavy atom. The molecule has 4 heteroatoms. The second-order valence-corrected chi connectivity index (χ2v) is 4.57. The number of benzene rings is 1. The van der Waals surface area contributed by atoms with E-state index in [0.29, 0.717) is 17.9 Å². The van der Waals surface area contributed by atoms with Crippen molar-refractivity contribution in [3.05, 3.63) is 63.3 Å². The SMILES string of the molecule is Cc1cccc(Cc2nc(C(C)N)cc(=O)[nH]2)c1. The lowest BCUT2D eigenvalue weighted by molar-refractivity contribution is 0.753. The fraction of sp³-hybridized carbons (Fsp3) is 0.286. The molecule has 0 amide bonds. The third kappa shape index (κ3) is 3.05. The number of nitrogens with two attached hydrogens (primary N) is 1. The number of aromatic amines is 1. The van der Waals surface area contributed by atoms with Crippen LogP contribution in [-0.4, -0.2) is 9.97 Å². The van der Waals surface area contributed by atoms with Gasteiger partial charge in [0.05, 0.1) is 5.69 Å². The van der Waals surface area contributed by atoms with Gasteiger partial charge in [0.2, 0.25) is 0 Å². The van der Waals surface area contributed by atoms with Gasteiger partial charge >= 0.3 is 0 Å². The van der Waals surface area contributed by atoms with Crippen molar-refractivity contribution in [2.24, 2.45) is 5.73 Å². The molecular formula is C14H17N3O. The van der Waals surface area contributed by atoms with E-state index in [2.05, 4.69) is 16.0 Å². The number of nitrogens with zero attached hydrogens (tertiary/aromatic N) is 1. The molecule has 0 aliphatic heterocycles. The van der Waals surface area contributed by atoms with Gasteiger partial charge in [-0.25, -0.2) is 4.98 Å². The Labute approximate surface area is 106 Å². The molecular weight excluding hydrogens is 226 g/mol. The van der Waals surface area contributed by atoms with Crippen molar-refractivity contribution < 1.29 is 0 Å². The molecule has 0 aliphatic carbocycles. The average Bonchev–Trinajstić information content (AvgIpc) is 2.28. The van der Waals surface area contributed by atoms with Crippen LogP contribution in [0.15, 0.2) is 35.1 Å². The van der Waals surface area contributed by atoms with Gasteiger partial charge in [-0.1, -0.05) is 29.8 Å². The zero-order valence-electron chi connectivity index (χ0n) is 10.6. The average molecular weight is 243 g/mol. The van der Waals surface area contributed by atoms with E-state index < -0.39 is 0 Å². The van der Waals surface area contributed by atoms with Crippen LogP contribution in [0.25, 0.3) is 0 Å². The monoisotopic (exact) mass is 243 g/mol. The first-order chi connectivity index (χ1) is 8.54. The molecule has 94 valence electrons. The summed E-state index contributed by atoms with van der Waals surface area (Å²) in [7, 11) is 0. The highest BCUT2D eigenvalue weighted by atomic mass is 16.1. The first-order valence-electron chi connectivity index (χ1n) is 5.96. The summed E-state index contributed by atoms with van der Waals surface area (Å²) in [6.45, 7) is 3.86. The highest BCUT2D eigenvalue weighted by Gasteiger charge is 2.06. The Bertz CT molecular complexity index is 602. The minimum atomic E-state index is -0.233. The quantitative estimate of drug-likeness (QED) is 0.861. The van der Waals surface area contributed by atoms with Crippen LogP contribution in [0.4, 0.5) is 0 Å². The van der Waals surface area contributed by atoms with E-state index in [1.807, 2.05) is 32.0 Å². The standard InChI is InChI=1S/C14H17N3O/c1-9-4-3-5-11(6-9)7-13-16-12(10(2)15)8-14(18)17-13/h3-6,8,10H,7,15H2,1-2H3,(H,16,17,18). The largest absolute Gasteiger partial charge is 0.323 e. The number of rotatable bonds is 3. The van der Waals surface area contributed by atoms with E-state index in [9.17, 15) is 4.79 Å². The summed E-state index contributed by atoms with van der Waals surface area (Å²) < 4.78 is 0. The Morgan fingerprint density at radius 1 is 1.39 bits per heavy atom. The second-order valence-electron chi connectivity index (χ2n) is 4.57. The topological polar surface area (TPSA) is 71.8 Å². The molecule has 1 unspecified atom stereocenters. The molecule has 3 N–H and O–H groups in total. The van der Waals surface area contributed by atoms with Crippen LogP contribution >= 0.6 is 0 Å². The van der Waals surface area contributed by atoms with Gasteiger partial charge < -0.3 is 10.7 Å². The van der Waals surface area contributed by atoms with Crippen molar-refractivity contribution >= 4 is 0 Å². The van der Waals surface area contributed by atoms with Crippen LogP contribution in [0.3, 0.4) is 0 Å². The maximum Gasteiger partial charge on any atom is 0.251 e. The van der Waals surface area contributed by atoms with Crippen LogP contribution in [0.2, 0.25) is 0 Å². The van der Waals surface area contributed by atoms with Crippen LogP contribution < -0.4 is 11.3 Å². The van der Waals surface area contributed by atoms with E-state index in [4.69, 9.17) is 5.73 Å². The van der Waals surface area contributed by atoms with Gasteiger partial charge in [-0.05, 0) is 19.4 Å². The lowest BCUT2D eigenvalue weighted by Crippen LogP contribution is -2.17. The predicted molar refractivity (Wildman–Crippen MR) is 71.4 cm³/mol. The number of H-pyrrole nitrogens is 1. The molecule has 4 nitrogen and oxygen atoms in total. The molecule has 1 atom stereocenters. The molecule has 2 aromatic rings. The van der Waals surface area contributed by atoms with E-state index in [1.54, 1.807) is 0 Å². The van der Waals surface area contributed by atoms with Crippen LogP contribution in [0.1, 0.15) is 35.6 Å². The highest BCUT2D eigenvalue weighted by Crippen LogP contribution is 2.09. The molecule has 18 heavy (non-hydrogen) atoms. The minimum absolute atomic E-state index is 0.153. The van der Waals surface area contributed by atoms with Crippen molar-refractivity contribution in [1.29, 1.82) is 0 Å². The third-order valence-corrected chi connectivity index (χ3v) is 2.73. The summed E-state index contributed by atoms with van der Waals surface area (Å²) in [6, 6.07) is 9.36. The van der Waals surface area contributed by atoms with E-state index in [-0.39, 0.29) is 11.6 Å². The molecule has 1 aromatic heterocycles. The van der Waals surface area contributed by atoms with Gasteiger partial charge in [0, 0.05) is 18.5 Å². The van der Waals surface area contributed by atoms with Crippen LogP contribution in [-0.2, 0) is 6.42 Å². The fourth-order valence-electron chi connectivity index (χ4n) is 1.86. The summed E-state index contributed by atoms with van der Waals surface area (Å²) in [4.78, 5) is 18.6. The number of aryl methyl sites for hydroxylation is 1. The smallest absolute Gasteiger partial charge is 0.251 e. The zero-order valence-corrected chi connectivity index (χ0v) is 10.6. The Morgan fingerprint density at radius 2 is 2.17 bits per heavy atom. The number of nitrogens with one attached hydrogen (secondary N) is 1. The molecule has 0 aliphatic rings. The van der Waals surface area contributed by atoms with E-state index in [0.717, 1.165) is 5.56 Å². The summed E-state index contributed by atoms with van der Waals surface area (Å²) in [5.74, 6) is 0.653. The molecule has 0 spiro atoms. The first kappa shape index (κ1) is 12.5. The van der Waals surface area contributed by atoms with E-state index in [1.165, 1.54) is 11.6 Å². The summed E-state index contributed by atoms with van der Waals surface area (Å²) in [6.07, 6.45) is 0.609. The van der Waals surface area contributed by atoms with Crippen LogP contribution in [0.5, 0.6) is 0 Å². The third-order valence-electron chi connectivity index (χ3n) is 2.73. The predicted octanol–water partition coefficient (Wildman–Crippen LogP) is 1.69. The molecule has 0 bridgehead atoms. The summed E-state index contributed by atoms with van der Waals surface area (Å²) >= 11 is 0. The van der Waals surface area contributed by atoms with Crippen LogP contribution in [0, 0.1) is 6.92 Å². The maximum atomic E-state index is 11.5. The van der Waals surface area contributed by atoms with Crippen molar-refractivity contribution in [3.63, 3.8) is 0 Å². The number of aromatic nitrogens is 2. The fourth-order valence-corrected chi connectivity index (χ4v) is 1.86. The first-order valence-corrected chi connectivity index (χ1v) is 5.96. The van der Waals surface area contributed by atoms with Crippen molar-refractivity contribution in [3.8, 4) is 0 Å². The second kappa shape index (κ2) is 5.14.